The summed E-state index contributed by atoms with van der Waals surface area (Å²) in [5.41, 5.74) is 1.93. The summed E-state index contributed by atoms with van der Waals surface area (Å²) in [4.78, 5) is 43.4. The molecule has 166 valence electrons. The number of benzene rings is 2. The lowest BCUT2D eigenvalue weighted by Crippen LogP contribution is -2.42. The van der Waals surface area contributed by atoms with Gasteiger partial charge in [-0.2, -0.15) is 0 Å². The van der Waals surface area contributed by atoms with Crippen LogP contribution < -0.4 is 0 Å². The summed E-state index contributed by atoms with van der Waals surface area (Å²) in [5, 5.41) is 0.728. The number of carbonyl (C=O) groups is 3. The van der Waals surface area contributed by atoms with E-state index in [2.05, 4.69) is 4.98 Å². The van der Waals surface area contributed by atoms with Crippen LogP contribution in [0.2, 0.25) is 0 Å². The maximum atomic E-state index is 12.8. The van der Waals surface area contributed by atoms with Gasteiger partial charge >= 0.3 is 11.9 Å². The van der Waals surface area contributed by atoms with Crippen molar-refractivity contribution >= 4 is 39.4 Å². The number of fused-ring (bicyclic) bond motifs is 1. The third kappa shape index (κ3) is 4.80. The second kappa shape index (κ2) is 9.91. The smallest absolute Gasteiger partial charge is 0.339 e. The molecule has 32 heavy (non-hydrogen) atoms. The molecule has 0 radical (unpaired) electrons. The quantitative estimate of drug-likeness (QED) is 0.527. The molecular formula is C24H24N2O5S. The number of rotatable bonds is 6. The lowest BCUT2D eigenvalue weighted by molar-refractivity contribution is -0.151. The molecule has 1 aliphatic heterocycles. The second-order valence-electron chi connectivity index (χ2n) is 7.52. The van der Waals surface area contributed by atoms with Crippen molar-refractivity contribution in [3.05, 3.63) is 54.1 Å². The Bertz CT molecular complexity index is 1100. The molecule has 1 aliphatic rings. The maximum absolute atomic E-state index is 12.8. The van der Waals surface area contributed by atoms with E-state index in [1.165, 1.54) is 11.3 Å². The summed E-state index contributed by atoms with van der Waals surface area (Å²) in [5.74, 6) is -1.22. The number of ether oxygens (including phenoxy) is 2. The van der Waals surface area contributed by atoms with Crippen molar-refractivity contribution in [3.8, 4) is 10.6 Å². The Morgan fingerprint density at radius 3 is 2.50 bits per heavy atom. The maximum Gasteiger partial charge on any atom is 0.339 e. The van der Waals surface area contributed by atoms with Gasteiger partial charge in [0.2, 0.25) is 0 Å². The Hall–Kier alpha value is -3.26. The minimum atomic E-state index is -0.561. The molecule has 3 aromatic rings. The Morgan fingerprint density at radius 2 is 1.75 bits per heavy atom. The number of para-hydroxylation sites is 1. The van der Waals surface area contributed by atoms with Crippen molar-refractivity contribution in [3.63, 3.8) is 0 Å². The normalized spacial score (nSPS) is 14.3. The zero-order chi connectivity index (χ0) is 22.5. The molecule has 0 spiro atoms. The lowest BCUT2D eigenvalue weighted by atomic mass is 9.97. The van der Waals surface area contributed by atoms with Crippen molar-refractivity contribution in [2.75, 3.05) is 26.3 Å². The first-order valence-electron chi connectivity index (χ1n) is 10.6. The standard InChI is InChI=1S/C24H24N2O5S/c1-2-30-23(28)16-11-13-26(14-12-16)21(27)15-31-24(29)18-8-4-3-7-17(18)22-25-19-9-5-6-10-20(19)32-22/h3-10,16H,2,11-15H2,1H3. The zero-order valence-electron chi connectivity index (χ0n) is 17.8. The van der Waals surface area contributed by atoms with E-state index in [4.69, 9.17) is 9.47 Å². The fourth-order valence-corrected chi connectivity index (χ4v) is 4.76. The van der Waals surface area contributed by atoms with Gasteiger partial charge in [0.1, 0.15) is 5.01 Å². The van der Waals surface area contributed by atoms with Gasteiger partial charge < -0.3 is 14.4 Å². The summed E-state index contributed by atoms with van der Waals surface area (Å²) in [6.45, 7) is 2.69. The van der Waals surface area contributed by atoms with Gasteiger partial charge in [-0.05, 0) is 38.0 Å². The largest absolute Gasteiger partial charge is 0.466 e. The van der Waals surface area contributed by atoms with E-state index >= 15 is 0 Å². The molecular weight excluding hydrogens is 428 g/mol. The molecule has 0 unspecified atom stereocenters. The van der Waals surface area contributed by atoms with Crippen LogP contribution >= 0.6 is 11.3 Å². The summed E-state index contributed by atoms with van der Waals surface area (Å²) in [6.07, 6.45) is 1.11. The number of nitrogens with zero attached hydrogens (tertiary/aromatic N) is 2. The van der Waals surface area contributed by atoms with Crippen LogP contribution in [-0.2, 0) is 19.1 Å². The minimum absolute atomic E-state index is 0.178. The Balaban J connectivity index is 1.38. The lowest BCUT2D eigenvalue weighted by Gasteiger charge is -2.30. The van der Waals surface area contributed by atoms with Gasteiger partial charge in [-0.15, -0.1) is 11.3 Å². The van der Waals surface area contributed by atoms with Gasteiger partial charge in [-0.3, -0.25) is 9.59 Å². The third-order valence-electron chi connectivity index (χ3n) is 5.47. The van der Waals surface area contributed by atoms with E-state index in [1.54, 1.807) is 24.0 Å². The monoisotopic (exact) mass is 452 g/mol. The van der Waals surface area contributed by atoms with Crippen molar-refractivity contribution in [2.24, 2.45) is 5.92 Å². The van der Waals surface area contributed by atoms with Gasteiger partial charge in [0.25, 0.3) is 5.91 Å². The van der Waals surface area contributed by atoms with E-state index < -0.39 is 5.97 Å². The number of esters is 2. The average Bonchev–Trinajstić information content (AvgIpc) is 3.27. The van der Waals surface area contributed by atoms with Crippen molar-refractivity contribution in [1.82, 2.24) is 9.88 Å². The van der Waals surface area contributed by atoms with Crippen LogP contribution in [0, 0.1) is 5.92 Å². The molecule has 7 nitrogen and oxygen atoms in total. The van der Waals surface area contributed by atoms with Gasteiger partial charge in [-0.25, -0.2) is 9.78 Å². The van der Waals surface area contributed by atoms with Gasteiger partial charge in [-0.1, -0.05) is 30.3 Å². The third-order valence-corrected chi connectivity index (χ3v) is 6.54. The van der Waals surface area contributed by atoms with Crippen LogP contribution in [0.4, 0.5) is 0 Å². The van der Waals surface area contributed by atoms with Crippen LogP contribution in [0.3, 0.4) is 0 Å². The van der Waals surface area contributed by atoms with E-state index in [0.717, 1.165) is 15.2 Å². The predicted molar refractivity (Wildman–Crippen MR) is 121 cm³/mol. The molecule has 4 rings (SSSR count). The second-order valence-corrected chi connectivity index (χ2v) is 8.55. The summed E-state index contributed by atoms with van der Waals surface area (Å²) in [7, 11) is 0. The topological polar surface area (TPSA) is 85.8 Å². The fraction of sp³-hybridized carbons (Fsp3) is 0.333. The highest BCUT2D eigenvalue weighted by molar-refractivity contribution is 7.21. The molecule has 0 bridgehead atoms. The highest BCUT2D eigenvalue weighted by atomic mass is 32.1. The van der Waals surface area contributed by atoms with Crippen molar-refractivity contribution in [1.29, 1.82) is 0 Å². The van der Waals surface area contributed by atoms with Crippen molar-refractivity contribution < 1.29 is 23.9 Å². The van der Waals surface area contributed by atoms with Gasteiger partial charge in [0.05, 0.1) is 28.3 Å². The molecule has 1 amide bonds. The van der Waals surface area contributed by atoms with E-state index in [1.807, 2.05) is 36.4 Å². The zero-order valence-corrected chi connectivity index (χ0v) is 18.6. The number of hydrogen-bond donors (Lipinski definition) is 0. The molecule has 1 aromatic heterocycles. The molecule has 2 aromatic carbocycles. The van der Waals surface area contributed by atoms with Crippen LogP contribution in [0.25, 0.3) is 20.8 Å². The summed E-state index contributed by atoms with van der Waals surface area (Å²) >= 11 is 1.50. The molecule has 0 aliphatic carbocycles. The van der Waals surface area contributed by atoms with E-state index in [9.17, 15) is 14.4 Å². The number of piperidine rings is 1. The SMILES string of the molecule is CCOC(=O)C1CCN(C(=O)COC(=O)c2ccccc2-c2nc3ccccc3s2)CC1. The Morgan fingerprint density at radius 1 is 1.03 bits per heavy atom. The van der Waals surface area contributed by atoms with Crippen molar-refractivity contribution in [2.45, 2.75) is 19.8 Å². The average molecular weight is 453 g/mol. The molecule has 2 heterocycles. The fourth-order valence-electron chi connectivity index (χ4n) is 3.76. The summed E-state index contributed by atoms with van der Waals surface area (Å²) in [6, 6.07) is 14.9. The van der Waals surface area contributed by atoms with Crippen LogP contribution in [0.5, 0.6) is 0 Å². The first-order chi connectivity index (χ1) is 15.6. The number of hydrogen-bond acceptors (Lipinski definition) is 7. The predicted octanol–water partition coefficient (Wildman–Crippen LogP) is 3.92. The minimum Gasteiger partial charge on any atom is -0.466 e. The molecule has 8 heteroatoms. The van der Waals surface area contributed by atoms with E-state index in [0.29, 0.717) is 43.7 Å². The highest BCUT2D eigenvalue weighted by Gasteiger charge is 2.28. The number of carbonyl (C=O) groups excluding carboxylic acids is 3. The Kier molecular flexibility index (Phi) is 6.80. The van der Waals surface area contributed by atoms with Crippen LogP contribution in [0.15, 0.2) is 48.5 Å². The summed E-state index contributed by atoms with van der Waals surface area (Å²) < 4.78 is 11.4. The van der Waals surface area contributed by atoms with Gasteiger partial charge in [0, 0.05) is 18.7 Å². The molecule has 0 atom stereocenters. The molecule has 1 saturated heterocycles. The first kappa shape index (κ1) is 22.0. The number of likely N-dealkylation sites (tertiary alicyclic amines) is 1. The number of aromatic nitrogens is 1. The van der Waals surface area contributed by atoms with Gasteiger partial charge in [0.15, 0.2) is 6.61 Å². The first-order valence-corrected chi connectivity index (χ1v) is 11.4. The molecule has 1 fully saturated rings. The Labute approximate surface area is 190 Å². The molecule has 0 N–H and O–H groups in total. The number of amides is 1. The van der Waals surface area contributed by atoms with E-state index in [-0.39, 0.29) is 24.4 Å². The van der Waals surface area contributed by atoms with Crippen LogP contribution in [0.1, 0.15) is 30.1 Å². The highest BCUT2D eigenvalue weighted by Crippen LogP contribution is 2.32. The number of thiazole rings is 1. The molecule has 0 saturated carbocycles. The van der Waals surface area contributed by atoms with Crippen LogP contribution in [-0.4, -0.2) is 54.0 Å².